The fourth-order valence-corrected chi connectivity index (χ4v) is 4.75. The van der Waals surface area contributed by atoms with E-state index in [2.05, 4.69) is 115 Å². The van der Waals surface area contributed by atoms with Crippen molar-refractivity contribution in [1.29, 1.82) is 0 Å². The lowest BCUT2D eigenvalue weighted by atomic mass is 9.93. The Labute approximate surface area is 175 Å². The molecular formula is C29H21N. The van der Waals surface area contributed by atoms with E-state index < -0.39 is 0 Å². The highest BCUT2D eigenvalue weighted by atomic mass is 14.7. The van der Waals surface area contributed by atoms with Gasteiger partial charge in [0, 0.05) is 21.9 Å². The molecule has 0 aliphatic heterocycles. The predicted molar refractivity (Wildman–Crippen MR) is 131 cm³/mol. The second kappa shape index (κ2) is 6.60. The van der Waals surface area contributed by atoms with Crippen LogP contribution in [-0.4, -0.2) is 4.98 Å². The average Bonchev–Trinajstić information content (AvgIpc) is 3.20. The van der Waals surface area contributed by atoms with Crippen LogP contribution < -0.4 is 0 Å². The lowest BCUT2D eigenvalue weighted by Crippen LogP contribution is -1.88. The van der Waals surface area contributed by atoms with Gasteiger partial charge in [-0.1, -0.05) is 97.1 Å². The van der Waals surface area contributed by atoms with Gasteiger partial charge < -0.3 is 4.98 Å². The third-order valence-electron chi connectivity index (χ3n) is 6.20. The second-order valence-corrected chi connectivity index (χ2v) is 7.91. The predicted octanol–water partition coefficient (Wildman–Crippen LogP) is 8.11. The van der Waals surface area contributed by atoms with Gasteiger partial charge in [-0.05, 0) is 45.7 Å². The maximum atomic E-state index is 3.76. The highest BCUT2D eigenvalue weighted by Gasteiger charge is 2.16. The Morgan fingerprint density at radius 2 is 1.30 bits per heavy atom. The number of nitrogens with one attached hydrogen (secondary N) is 1. The summed E-state index contributed by atoms with van der Waals surface area (Å²) in [6.45, 7) is 2.23. The first kappa shape index (κ1) is 17.1. The van der Waals surface area contributed by atoms with Crippen molar-refractivity contribution >= 4 is 55.5 Å². The molecule has 0 fully saturated rings. The van der Waals surface area contributed by atoms with Crippen LogP contribution in [0.5, 0.6) is 0 Å². The van der Waals surface area contributed by atoms with E-state index in [1.807, 2.05) is 0 Å². The normalized spacial score (nSPS) is 12.0. The molecule has 0 spiro atoms. The monoisotopic (exact) mass is 383 g/mol. The Morgan fingerprint density at radius 1 is 0.600 bits per heavy atom. The lowest BCUT2D eigenvalue weighted by Gasteiger charge is -2.10. The van der Waals surface area contributed by atoms with Gasteiger partial charge in [0.15, 0.2) is 0 Å². The summed E-state index contributed by atoms with van der Waals surface area (Å²) in [6, 6.07) is 32.4. The summed E-state index contributed by atoms with van der Waals surface area (Å²) in [4.78, 5) is 3.76. The molecule has 0 aliphatic carbocycles. The number of H-pyrrole nitrogens is 1. The number of benzene rings is 5. The van der Waals surface area contributed by atoms with E-state index in [4.69, 9.17) is 0 Å². The molecule has 6 aromatic rings. The van der Waals surface area contributed by atoms with Crippen LogP contribution >= 0.6 is 0 Å². The molecule has 6 rings (SSSR count). The standard InChI is InChI=1S/C29H21N/c1-19-22-12-7-8-14-25(22)28-27-24-13-6-5-11-21(24)16-18-26(27)30-29(28)23(19)17-15-20-9-3-2-4-10-20/h2-18,30H,1H3/b17-15+. The van der Waals surface area contributed by atoms with E-state index in [1.54, 1.807) is 0 Å². The first-order chi connectivity index (χ1) is 14.8. The van der Waals surface area contributed by atoms with Crippen molar-refractivity contribution < 1.29 is 0 Å². The topological polar surface area (TPSA) is 15.8 Å². The molecule has 0 saturated carbocycles. The van der Waals surface area contributed by atoms with E-state index in [9.17, 15) is 0 Å². The minimum absolute atomic E-state index is 1.19. The molecular weight excluding hydrogens is 362 g/mol. The van der Waals surface area contributed by atoms with Crippen molar-refractivity contribution in [3.05, 3.63) is 108 Å². The molecule has 0 unspecified atom stereocenters. The number of rotatable bonds is 2. The van der Waals surface area contributed by atoms with Crippen LogP contribution in [0.4, 0.5) is 0 Å². The SMILES string of the molecule is Cc1c(/C=C/c2ccccc2)c2[nH]c3ccc4ccccc4c3c2c2ccccc12. The summed E-state index contributed by atoms with van der Waals surface area (Å²) in [6.07, 6.45) is 4.47. The van der Waals surface area contributed by atoms with Crippen LogP contribution in [0.1, 0.15) is 16.7 Å². The van der Waals surface area contributed by atoms with Gasteiger partial charge >= 0.3 is 0 Å². The summed E-state index contributed by atoms with van der Waals surface area (Å²) in [5.41, 5.74) is 6.17. The number of hydrogen-bond acceptors (Lipinski definition) is 0. The Morgan fingerprint density at radius 3 is 2.13 bits per heavy atom. The molecule has 0 saturated heterocycles. The third-order valence-corrected chi connectivity index (χ3v) is 6.20. The fraction of sp³-hybridized carbons (Fsp3) is 0.0345. The maximum absolute atomic E-state index is 3.76. The highest BCUT2D eigenvalue weighted by Crippen LogP contribution is 2.40. The molecule has 1 nitrogen and oxygen atoms in total. The van der Waals surface area contributed by atoms with Crippen LogP contribution in [0, 0.1) is 6.92 Å². The first-order valence-corrected chi connectivity index (χ1v) is 10.4. The molecule has 142 valence electrons. The quantitative estimate of drug-likeness (QED) is 0.291. The molecule has 5 aromatic carbocycles. The summed E-state index contributed by atoms with van der Waals surface area (Å²) >= 11 is 0. The molecule has 0 radical (unpaired) electrons. The van der Waals surface area contributed by atoms with E-state index >= 15 is 0 Å². The van der Waals surface area contributed by atoms with Crippen molar-refractivity contribution in [3.63, 3.8) is 0 Å². The summed E-state index contributed by atoms with van der Waals surface area (Å²) in [5.74, 6) is 0. The van der Waals surface area contributed by atoms with Gasteiger partial charge in [0.2, 0.25) is 0 Å². The molecule has 1 aromatic heterocycles. The number of fused-ring (bicyclic) bond motifs is 7. The zero-order chi connectivity index (χ0) is 20.1. The van der Waals surface area contributed by atoms with Crippen LogP contribution in [-0.2, 0) is 0 Å². The molecule has 1 N–H and O–H groups in total. The molecule has 1 heteroatoms. The lowest BCUT2D eigenvalue weighted by molar-refractivity contribution is 1.48. The number of aromatic nitrogens is 1. The Balaban J connectivity index is 1.79. The van der Waals surface area contributed by atoms with Crippen molar-refractivity contribution in [2.24, 2.45) is 0 Å². The Kier molecular flexibility index (Phi) is 3.75. The van der Waals surface area contributed by atoms with Gasteiger partial charge in [-0.3, -0.25) is 0 Å². The third kappa shape index (κ3) is 2.49. The molecule has 1 heterocycles. The molecule has 30 heavy (non-hydrogen) atoms. The molecule has 0 aliphatic rings. The average molecular weight is 383 g/mol. The first-order valence-electron chi connectivity index (χ1n) is 10.4. The maximum Gasteiger partial charge on any atom is 0.0547 e. The van der Waals surface area contributed by atoms with Gasteiger partial charge in [-0.15, -0.1) is 0 Å². The summed E-state index contributed by atoms with van der Waals surface area (Å²) in [5, 5.41) is 7.82. The number of aromatic amines is 1. The van der Waals surface area contributed by atoms with Gasteiger partial charge in [-0.2, -0.15) is 0 Å². The van der Waals surface area contributed by atoms with E-state index in [1.165, 1.54) is 60.0 Å². The van der Waals surface area contributed by atoms with Gasteiger partial charge in [0.1, 0.15) is 0 Å². The minimum atomic E-state index is 1.19. The van der Waals surface area contributed by atoms with Crippen molar-refractivity contribution in [2.45, 2.75) is 6.92 Å². The van der Waals surface area contributed by atoms with Crippen molar-refractivity contribution in [1.82, 2.24) is 4.98 Å². The van der Waals surface area contributed by atoms with E-state index in [-0.39, 0.29) is 0 Å². The highest BCUT2D eigenvalue weighted by molar-refractivity contribution is 6.29. The zero-order valence-corrected chi connectivity index (χ0v) is 16.8. The molecule has 0 bridgehead atoms. The smallest absolute Gasteiger partial charge is 0.0547 e. The van der Waals surface area contributed by atoms with E-state index in [0.717, 1.165) is 0 Å². The van der Waals surface area contributed by atoms with Crippen LogP contribution in [0.3, 0.4) is 0 Å². The van der Waals surface area contributed by atoms with Crippen LogP contribution in [0.15, 0.2) is 91.0 Å². The van der Waals surface area contributed by atoms with Crippen LogP contribution in [0.2, 0.25) is 0 Å². The Bertz CT molecular complexity index is 1580. The van der Waals surface area contributed by atoms with Crippen molar-refractivity contribution in [2.75, 3.05) is 0 Å². The van der Waals surface area contributed by atoms with Crippen molar-refractivity contribution in [3.8, 4) is 0 Å². The largest absolute Gasteiger partial charge is 0.354 e. The fourth-order valence-electron chi connectivity index (χ4n) is 4.75. The second-order valence-electron chi connectivity index (χ2n) is 7.91. The molecule has 0 amide bonds. The minimum Gasteiger partial charge on any atom is -0.354 e. The zero-order valence-electron chi connectivity index (χ0n) is 16.8. The van der Waals surface area contributed by atoms with Crippen LogP contribution in [0.25, 0.3) is 55.5 Å². The molecule has 0 atom stereocenters. The van der Waals surface area contributed by atoms with E-state index in [0.29, 0.717) is 0 Å². The summed E-state index contributed by atoms with van der Waals surface area (Å²) in [7, 11) is 0. The van der Waals surface area contributed by atoms with Gasteiger partial charge in [0.25, 0.3) is 0 Å². The summed E-state index contributed by atoms with van der Waals surface area (Å²) < 4.78 is 0. The number of hydrogen-bond donors (Lipinski definition) is 1. The Hall–Kier alpha value is -3.84. The van der Waals surface area contributed by atoms with Gasteiger partial charge in [-0.25, -0.2) is 0 Å². The number of aryl methyl sites for hydroxylation is 1. The van der Waals surface area contributed by atoms with Gasteiger partial charge in [0.05, 0.1) is 5.52 Å².